The first-order chi connectivity index (χ1) is 25.2. The number of alkyl halides is 15. The van der Waals surface area contributed by atoms with E-state index < -0.39 is 78.1 Å². The van der Waals surface area contributed by atoms with Gasteiger partial charge >= 0.3 is 66.5 Å². The standard InChI is InChI=1S/C18H29.5CHF3O3S.2Ru/c1-2-3-4-5-6-7-8-9-10-12-15-18-16-13-11-14-17-18;5*2-1(3,4)8(5,6)7;;/h11,13-14,16H,2-10,12,15H2,1H3;5*(H,5,6,7);;/q-1;;;;;;2*+3/p-5. The van der Waals surface area contributed by atoms with E-state index in [1.807, 2.05) is 12.1 Å². The largest absolute Gasteiger partial charge is 3.00 e. The van der Waals surface area contributed by atoms with E-state index in [9.17, 15) is 65.9 Å². The Morgan fingerprint density at radius 3 is 0.783 bits per heavy atom. The van der Waals surface area contributed by atoms with Gasteiger partial charge in [-0.15, -0.1) is 0 Å². The van der Waals surface area contributed by atoms with E-state index in [1.165, 1.54) is 76.2 Å². The maximum atomic E-state index is 10.7. The molecule has 15 nitrogen and oxygen atoms in total. The summed E-state index contributed by atoms with van der Waals surface area (Å²) in [6, 6.07) is 11.7. The summed E-state index contributed by atoms with van der Waals surface area (Å²) in [5, 5.41) is 0. The van der Waals surface area contributed by atoms with Gasteiger partial charge in [0.25, 0.3) is 0 Å². The van der Waals surface area contributed by atoms with E-state index in [-0.39, 0.29) is 39.0 Å². The van der Waals surface area contributed by atoms with E-state index >= 15 is 0 Å². The van der Waals surface area contributed by atoms with Crippen molar-refractivity contribution in [2.75, 3.05) is 0 Å². The minimum atomic E-state index is -6.09. The summed E-state index contributed by atoms with van der Waals surface area (Å²) in [7, 11) is -30.5. The molecule has 0 spiro atoms. The predicted octanol–water partition coefficient (Wildman–Crippen LogP) is 6.20. The van der Waals surface area contributed by atoms with Gasteiger partial charge in [0.05, 0.1) is 0 Å². The first-order valence-corrected chi connectivity index (χ1v) is 21.3. The molecule has 0 aromatic heterocycles. The second kappa shape index (κ2) is 30.9. The summed E-state index contributed by atoms with van der Waals surface area (Å²) in [6.45, 7) is 2.28. The Morgan fingerprint density at radius 2 is 0.617 bits per heavy atom. The maximum absolute atomic E-state index is 10.7. The molecule has 0 aliphatic heterocycles. The van der Waals surface area contributed by atoms with E-state index in [0.29, 0.717) is 0 Å². The molecule has 0 bridgehead atoms. The Balaban J connectivity index is -0.000000117. The smallest absolute Gasteiger partial charge is 0.741 e. The minimum absolute atomic E-state index is 0. The van der Waals surface area contributed by atoms with Crippen LogP contribution in [-0.2, 0) is 96.0 Å². The summed E-state index contributed by atoms with van der Waals surface area (Å²) in [4.78, 5) is 0. The molecule has 0 N–H and O–H groups in total. The average Bonchev–Trinajstić information content (AvgIpc) is 2.95. The van der Waals surface area contributed by atoms with Crippen LogP contribution in [-0.4, -0.2) is 92.4 Å². The van der Waals surface area contributed by atoms with Crippen LogP contribution in [0.25, 0.3) is 0 Å². The van der Waals surface area contributed by atoms with Gasteiger partial charge in [0.2, 0.25) is 0 Å². The molecule has 1 aromatic rings. The fourth-order valence-electron chi connectivity index (χ4n) is 2.39. The Hall–Kier alpha value is -1.03. The number of benzene rings is 1. The maximum Gasteiger partial charge on any atom is 3.00 e. The fraction of sp³-hybridized carbons (Fsp3) is 0.739. The monoisotopic (exact) mass is 1190 g/mol. The summed E-state index contributed by atoms with van der Waals surface area (Å²) in [5.41, 5.74) is -26.9. The quantitative estimate of drug-likeness (QED) is 0.0595. The van der Waals surface area contributed by atoms with E-state index in [1.54, 1.807) is 0 Å². The molecule has 0 unspecified atom stereocenters. The average molecular weight is 1190 g/mol. The van der Waals surface area contributed by atoms with Crippen LogP contribution in [0.5, 0.6) is 0 Å². The van der Waals surface area contributed by atoms with Crippen molar-refractivity contribution in [2.45, 2.75) is 105 Å². The van der Waals surface area contributed by atoms with Crippen LogP contribution in [0.4, 0.5) is 65.9 Å². The molecule has 0 amide bonds. The molecule has 60 heavy (non-hydrogen) atoms. The Morgan fingerprint density at radius 1 is 0.417 bits per heavy atom. The molecular formula is C23H29F15O15Ru2S5. The molecule has 1 rings (SSSR count). The molecule has 2 radical (unpaired) electrons. The third-order valence-electron chi connectivity index (χ3n) is 4.99. The minimum Gasteiger partial charge on any atom is -0.741 e. The molecular weight excluding hydrogens is 1160 g/mol. The van der Waals surface area contributed by atoms with Crippen molar-refractivity contribution < 1.29 is 170 Å². The van der Waals surface area contributed by atoms with Gasteiger partial charge in [-0.25, -0.2) is 42.1 Å². The molecule has 1 aromatic carbocycles. The van der Waals surface area contributed by atoms with Gasteiger partial charge in [-0.2, -0.15) is 102 Å². The van der Waals surface area contributed by atoms with Crippen molar-refractivity contribution in [1.29, 1.82) is 0 Å². The van der Waals surface area contributed by atoms with Gasteiger partial charge in [-0.3, -0.25) is 0 Å². The van der Waals surface area contributed by atoms with Crippen LogP contribution in [0.1, 0.15) is 76.7 Å². The van der Waals surface area contributed by atoms with Crippen LogP contribution in [0.15, 0.2) is 24.3 Å². The number of unbranched alkanes of at least 4 members (excludes halogenated alkanes) is 9. The SMILES string of the molecule is CCCCCCCCCCCCc1[c-]cccc1.O=S(=O)([O-])C(F)(F)F.O=S(=O)([O-])C(F)(F)F.O=S(=O)([O-])C(F)(F)F.O=S(=O)([O-])C(F)(F)F.O=S(=O)([O-])C(F)(F)F.[Ru+3].[Ru+3]. The van der Waals surface area contributed by atoms with Crippen molar-refractivity contribution >= 4 is 50.6 Å². The van der Waals surface area contributed by atoms with Crippen LogP contribution >= 0.6 is 0 Å². The topological polar surface area (TPSA) is 286 Å². The summed E-state index contributed by atoms with van der Waals surface area (Å²) >= 11 is 0. The summed E-state index contributed by atoms with van der Waals surface area (Å²) in [5.74, 6) is 0. The molecule has 0 aliphatic carbocycles. The first-order valence-electron chi connectivity index (χ1n) is 14.2. The zero-order valence-electron chi connectivity index (χ0n) is 29.1. The zero-order chi connectivity index (χ0) is 47.9. The van der Waals surface area contributed by atoms with E-state index in [2.05, 4.69) is 25.1 Å². The summed E-state index contributed by atoms with van der Waals surface area (Å²) < 4.78 is 295. The summed E-state index contributed by atoms with van der Waals surface area (Å²) in [6.07, 6.45) is 15.3. The van der Waals surface area contributed by atoms with Gasteiger partial charge in [0, 0.05) is 0 Å². The molecule has 0 fully saturated rings. The number of hydrogen-bond acceptors (Lipinski definition) is 15. The molecule has 0 atom stereocenters. The van der Waals surface area contributed by atoms with Crippen LogP contribution in [0.3, 0.4) is 0 Å². The first kappa shape index (κ1) is 73.4. The Labute approximate surface area is 359 Å². The van der Waals surface area contributed by atoms with Gasteiger partial charge in [-0.05, 0) is 0 Å². The number of rotatable bonds is 11. The molecule has 0 aliphatic rings. The Kier molecular flexibility index (Phi) is 37.8. The van der Waals surface area contributed by atoms with Crippen molar-refractivity contribution in [3.63, 3.8) is 0 Å². The van der Waals surface area contributed by atoms with Crippen LogP contribution < -0.4 is 0 Å². The second-order valence-corrected chi connectivity index (χ2v) is 16.7. The van der Waals surface area contributed by atoms with Crippen LogP contribution in [0, 0.1) is 6.07 Å². The van der Waals surface area contributed by atoms with Crippen molar-refractivity contribution in [2.24, 2.45) is 0 Å². The number of halogens is 15. The van der Waals surface area contributed by atoms with Crippen LogP contribution in [0.2, 0.25) is 0 Å². The third kappa shape index (κ3) is 43.6. The molecule has 362 valence electrons. The molecule has 0 saturated heterocycles. The van der Waals surface area contributed by atoms with E-state index in [0.717, 1.165) is 0 Å². The molecule has 0 saturated carbocycles. The van der Waals surface area contributed by atoms with Gasteiger partial charge < -0.3 is 22.8 Å². The van der Waals surface area contributed by atoms with Gasteiger partial charge in [-0.1, -0.05) is 77.6 Å². The third-order valence-corrected chi connectivity index (χ3v) is 7.83. The molecule has 37 heteroatoms. The molecule has 0 heterocycles. The number of aryl methyl sites for hydroxylation is 1. The van der Waals surface area contributed by atoms with E-state index in [4.69, 9.17) is 64.9 Å². The van der Waals surface area contributed by atoms with Gasteiger partial charge in [0.15, 0.2) is 50.6 Å². The zero-order valence-corrected chi connectivity index (χ0v) is 36.7. The van der Waals surface area contributed by atoms with Crippen molar-refractivity contribution in [1.82, 2.24) is 0 Å². The fourth-order valence-corrected chi connectivity index (χ4v) is 2.39. The van der Waals surface area contributed by atoms with Gasteiger partial charge in [0.1, 0.15) is 0 Å². The van der Waals surface area contributed by atoms with Crippen molar-refractivity contribution in [3.05, 3.63) is 35.9 Å². The normalized spacial score (nSPS) is 12.6. The predicted molar refractivity (Wildman–Crippen MR) is 160 cm³/mol. The Bertz CT molecular complexity index is 1580. The second-order valence-electron chi connectivity index (χ2n) is 9.82. The van der Waals surface area contributed by atoms with Crippen molar-refractivity contribution in [3.8, 4) is 0 Å². The number of hydrogen-bond donors (Lipinski definition) is 0.